The van der Waals surface area contributed by atoms with E-state index in [0.29, 0.717) is 18.4 Å². The van der Waals surface area contributed by atoms with E-state index in [-0.39, 0.29) is 11.5 Å². The molecule has 0 fully saturated rings. The second kappa shape index (κ2) is 19.3. The first kappa shape index (κ1) is 34.2. The van der Waals surface area contributed by atoms with Crippen molar-refractivity contribution in [3.63, 3.8) is 0 Å². The number of aliphatic hydroxyl groups is 1. The second-order valence-electron chi connectivity index (χ2n) is 10.8. The Labute approximate surface area is 220 Å². The number of unbranched alkanes of at least 4 members (excludes halogenated alkanes) is 1. The van der Waals surface area contributed by atoms with E-state index in [1.165, 1.54) is 18.2 Å². The van der Waals surface area contributed by atoms with Crippen LogP contribution in [0.4, 0.5) is 5.69 Å². The van der Waals surface area contributed by atoms with Gasteiger partial charge in [-0.25, -0.2) is 0 Å². The Kier molecular flexibility index (Phi) is 18.4. The van der Waals surface area contributed by atoms with Gasteiger partial charge >= 0.3 is 0 Å². The van der Waals surface area contributed by atoms with Crippen LogP contribution in [0.3, 0.4) is 0 Å². The van der Waals surface area contributed by atoms with Crippen LogP contribution in [0, 0.1) is 22.7 Å². The first-order valence-corrected chi connectivity index (χ1v) is 13.5. The average Bonchev–Trinajstić information content (AvgIpc) is 2.85. The van der Waals surface area contributed by atoms with Crippen LogP contribution in [0.5, 0.6) is 0 Å². The summed E-state index contributed by atoms with van der Waals surface area (Å²) in [6.07, 6.45) is 7.86. The van der Waals surface area contributed by atoms with Crippen LogP contribution in [-0.4, -0.2) is 63.6 Å². The molecule has 0 aliphatic heterocycles. The standard InChI is InChI=1S/C21H38N4O2.C8H16O/c1-15(2)18(12-19(23)21(26)14-24-3)10-16-6-7-17(13-22)20(11-16)25-8-5-9-27-4;1-4-5-6-8(2,3)7-9/h6-7,11,13,15,18-19,21-22,24-26H,5,8-10,12,14,23H2,1-4H3;7H,4-6H2,1-3H3. The van der Waals surface area contributed by atoms with Crippen molar-refractivity contribution in [3.8, 4) is 0 Å². The summed E-state index contributed by atoms with van der Waals surface area (Å²) in [7, 11) is 3.52. The Morgan fingerprint density at radius 1 is 1.25 bits per heavy atom. The lowest BCUT2D eigenvalue weighted by atomic mass is 9.83. The summed E-state index contributed by atoms with van der Waals surface area (Å²) in [5.74, 6) is 0.858. The van der Waals surface area contributed by atoms with Gasteiger partial charge in [-0.3, -0.25) is 0 Å². The number of nitrogens with one attached hydrogen (secondary N) is 3. The lowest BCUT2D eigenvalue weighted by molar-refractivity contribution is -0.115. The maximum Gasteiger partial charge on any atom is 0.125 e. The molecule has 0 aliphatic rings. The van der Waals surface area contributed by atoms with Crippen molar-refractivity contribution >= 4 is 18.2 Å². The highest BCUT2D eigenvalue weighted by atomic mass is 16.5. The predicted octanol–water partition coefficient (Wildman–Crippen LogP) is 4.65. The van der Waals surface area contributed by atoms with E-state index in [0.717, 1.165) is 62.8 Å². The van der Waals surface area contributed by atoms with Gasteiger partial charge in [-0.15, -0.1) is 0 Å². The topological polar surface area (TPSA) is 120 Å². The van der Waals surface area contributed by atoms with Crippen LogP contribution in [0.15, 0.2) is 18.2 Å². The zero-order valence-corrected chi connectivity index (χ0v) is 23.9. The molecule has 0 saturated heterocycles. The number of likely N-dealkylation sites (N-methyl/N-ethyl adjacent to an activating group) is 1. The van der Waals surface area contributed by atoms with Gasteiger partial charge in [-0.1, -0.05) is 59.6 Å². The van der Waals surface area contributed by atoms with Gasteiger partial charge in [0.1, 0.15) is 6.29 Å². The number of rotatable bonds is 18. The smallest absolute Gasteiger partial charge is 0.125 e. The molecule has 0 aliphatic carbocycles. The Hall–Kier alpha value is -1.80. The largest absolute Gasteiger partial charge is 0.390 e. The minimum atomic E-state index is -0.533. The lowest BCUT2D eigenvalue weighted by Crippen LogP contribution is -2.42. The van der Waals surface area contributed by atoms with Crippen molar-refractivity contribution in [1.29, 1.82) is 5.41 Å². The van der Waals surface area contributed by atoms with Crippen LogP contribution < -0.4 is 16.4 Å². The molecule has 0 spiro atoms. The van der Waals surface area contributed by atoms with Crippen LogP contribution in [0.1, 0.15) is 77.8 Å². The van der Waals surface area contributed by atoms with Gasteiger partial charge in [0, 0.05) is 55.7 Å². The van der Waals surface area contributed by atoms with Gasteiger partial charge in [-0.2, -0.15) is 0 Å². The Balaban J connectivity index is 0.00000115. The molecule has 7 heteroatoms. The fourth-order valence-corrected chi connectivity index (χ4v) is 3.90. The molecule has 36 heavy (non-hydrogen) atoms. The summed E-state index contributed by atoms with van der Waals surface area (Å²) >= 11 is 0. The third-order valence-electron chi connectivity index (χ3n) is 6.53. The van der Waals surface area contributed by atoms with Gasteiger partial charge in [-0.05, 0) is 56.2 Å². The summed E-state index contributed by atoms with van der Waals surface area (Å²) in [4.78, 5) is 10.3. The van der Waals surface area contributed by atoms with Crippen LogP contribution in [0.25, 0.3) is 0 Å². The summed E-state index contributed by atoms with van der Waals surface area (Å²) in [5, 5.41) is 24.1. The quantitative estimate of drug-likeness (QED) is 0.112. The molecule has 208 valence electrons. The van der Waals surface area contributed by atoms with Crippen molar-refractivity contribution in [1.82, 2.24) is 5.32 Å². The molecule has 1 rings (SSSR count). The number of benzene rings is 1. The molecule has 0 heterocycles. The molecule has 0 amide bonds. The van der Waals surface area contributed by atoms with Crippen molar-refractivity contribution in [2.45, 2.75) is 85.3 Å². The molecule has 0 bridgehead atoms. The summed E-state index contributed by atoms with van der Waals surface area (Å²) in [6.45, 7) is 12.6. The minimum Gasteiger partial charge on any atom is -0.390 e. The summed E-state index contributed by atoms with van der Waals surface area (Å²) < 4.78 is 5.09. The lowest BCUT2D eigenvalue weighted by Gasteiger charge is -2.27. The molecule has 7 nitrogen and oxygen atoms in total. The van der Waals surface area contributed by atoms with E-state index < -0.39 is 6.10 Å². The minimum absolute atomic E-state index is 0.0873. The Bertz CT molecular complexity index is 724. The second-order valence-corrected chi connectivity index (χ2v) is 10.8. The average molecular weight is 507 g/mol. The van der Waals surface area contributed by atoms with Gasteiger partial charge in [0.2, 0.25) is 0 Å². The maximum atomic E-state index is 10.3. The van der Waals surface area contributed by atoms with E-state index in [9.17, 15) is 9.90 Å². The van der Waals surface area contributed by atoms with Crippen molar-refractivity contribution < 1.29 is 14.6 Å². The van der Waals surface area contributed by atoms with Crippen molar-refractivity contribution in [3.05, 3.63) is 29.3 Å². The Morgan fingerprint density at radius 3 is 2.47 bits per heavy atom. The van der Waals surface area contributed by atoms with Gasteiger partial charge < -0.3 is 36.4 Å². The van der Waals surface area contributed by atoms with Gasteiger partial charge in [0.15, 0.2) is 0 Å². The SMILES string of the molecule is CCCCC(C)(C)C=O.CNCC(O)C(N)CC(Cc1ccc(C=N)c(NCCCOC)c1)C(C)C. The molecule has 1 aromatic rings. The number of carbonyl (C=O) groups excluding carboxylic acids is 1. The normalized spacial score (nSPS) is 13.9. The number of aliphatic hydroxyl groups excluding tert-OH is 1. The molecule has 3 atom stereocenters. The van der Waals surface area contributed by atoms with Gasteiger partial charge in [0.25, 0.3) is 0 Å². The van der Waals surface area contributed by atoms with E-state index in [4.69, 9.17) is 15.9 Å². The number of anilines is 1. The number of hydrogen-bond donors (Lipinski definition) is 5. The number of hydrogen-bond acceptors (Lipinski definition) is 7. The molecular formula is C29H54N4O3. The number of ether oxygens (including phenoxy) is 1. The number of methoxy groups -OCH3 is 1. The highest BCUT2D eigenvalue weighted by molar-refractivity contribution is 5.86. The fourth-order valence-electron chi connectivity index (χ4n) is 3.90. The molecule has 0 aromatic heterocycles. The zero-order valence-electron chi connectivity index (χ0n) is 23.9. The van der Waals surface area contributed by atoms with E-state index in [1.54, 1.807) is 7.11 Å². The first-order chi connectivity index (χ1) is 17.0. The summed E-state index contributed by atoms with van der Waals surface area (Å²) in [6, 6.07) is 5.98. The van der Waals surface area contributed by atoms with E-state index in [1.807, 2.05) is 27.0 Å². The third kappa shape index (κ3) is 14.7. The third-order valence-corrected chi connectivity index (χ3v) is 6.53. The van der Waals surface area contributed by atoms with Gasteiger partial charge in [0.05, 0.1) is 6.10 Å². The van der Waals surface area contributed by atoms with Crippen molar-refractivity contribution in [2.75, 3.05) is 39.2 Å². The maximum absolute atomic E-state index is 10.3. The predicted molar refractivity (Wildman–Crippen MR) is 153 cm³/mol. The van der Waals surface area contributed by atoms with E-state index in [2.05, 4.69) is 43.5 Å². The highest BCUT2D eigenvalue weighted by Gasteiger charge is 2.22. The number of carbonyl (C=O) groups is 1. The molecule has 6 N–H and O–H groups in total. The summed E-state index contributed by atoms with van der Waals surface area (Å²) in [5.41, 5.74) is 9.23. The monoisotopic (exact) mass is 506 g/mol. The van der Waals surface area contributed by atoms with Crippen LogP contribution in [0.2, 0.25) is 0 Å². The van der Waals surface area contributed by atoms with Crippen LogP contribution in [-0.2, 0) is 16.0 Å². The first-order valence-electron chi connectivity index (χ1n) is 13.5. The fraction of sp³-hybridized carbons (Fsp3) is 0.724. The van der Waals surface area contributed by atoms with E-state index >= 15 is 0 Å². The number of nitrogens with two attached hydrogens (primary N) is 1. The zero-order chi connectivity index (χ0) is 27.6. The van der Waals surface area contributed by atoms with Crippen LogP contribution >= 0.6 is 0 Å². The molecular weight excluding hydrogens is 452 g/mol. The van der Waals surface area contributed by atoms with Crippen molar-refractivity contribution in [2.24, 2.45) is 23.0 Å². The molecule has 3 unspecified atom stereocenters. The highest BCUT2D eigenvalue weighted by Crippen LogP contribution is 2.25. The molecule has 0 radical (unpaired) electrons. The Morgan fingerprint density at radius 2 is 1.94 bits per heavy atom. The molecule has 1 aromatic carbocycles. The number of aldehydes is 1. The molecule has 0 saturated carbocycles.